The minimum Gasteiger partial charge on any atom is -0.478 e. The summed E-state index contributed by atoms with van der Waals surface area (Å²) in [5.41, 5.74) is 1.32. The Morgan fingerprint density at radius 3 is 2.24 bits per heavy atom. The third-order valence-electron chi connectivity index (χ3n) is 2.03. The maximum Gasteiger partial charge on any atom is 0.328 e. The number of benzene rings is 1. The van der Waals surface area contributed by atoms with E-state index in [1.165, 1.54) is 5.56 Å². The van der Waals surface area contributed by atoms with Gasteiger partial charge in [0, 0.05) is 12.2 Å². The Labute approximate surface area is 123 Å². The summed E-state index contributed by atoms with van der Waals surface area (Å²) in [4.78, 5) is 31.5. The van der Waals surface area contributed by atoms with Crippen LogP contribution in [0.3, 0.4) is 0 Å². The van der Waals surface area contributed by atoms with E-state index in [1.807, 2.05) is 18.2 Å². The van der Waals surface area contributed by atoms with Gasteiger partial charge >= 0.3 is 11.9 Å². The Hall–Kier alpha value is -2.63. The van der Waals surface area contributed by atoms with E-state index >= 15 is 0 Å². The molecule has 1 rings (SSSR count). The minimum absolute atomic E-state index is 0.236. The van der Waals surface area contributed by atoms with Gasteiger partial charge in [-0.2, -0.15) is 0 Å². The van der Waals surface area contributed by atoms with E-state index in [1.54, 1.807) is 6.92 Å². The largest absolute Gasteiger partial charge is 0.478 e. The van der Waals surface area contributed by atoms with E-state index in [9.17, 15) is 14.4 Å². The van der Waals surface area contributed by atoms with Crippen LogP contribution in [0.2, 0.25) is 0 Å². The Morgan fingerprint density at radius 1 is 1.19 bits per heavy atom. The molecule has 0 atom stereocenters. The van der Waals surface area contributed by atoms with Gasteiger partial charge in [-0.3, -0.25) is 9.59 Å². The van der Waals surface area contributed by atoms with Gasteiger partial charge < -0.3 is 15.2 Å². The van der Waals surface area contributed by atoms with E-state index in [0.717, 1.165) is 6.08 Å². The topological polar surface area (TPSA) is 92.7 Å². The van der Waals surface area contributed by atoms with Crippen molar-refractivity contribution in [3.8, 4) is 0 Å². The molecule has 0 aliphatic carbocycles. The zero-order valence-electron chi connectivity index (χ0n) is 12.0. The molecule has 0 heterocycles. The molecule has 6 heteroatoms. The first-order valence-electron chi connectivity index (χ1n) is 6.31. The van der Waals surface area contributed by atoms with Crippen molar-refractivity contribution in [2.75, 3.05) is 13.2 Å². The molecule has 1 amide bonds. The number of carbonyl (C=O) groups excluding carboxylic acids is 2. The molecule has 6 nitrogen and oxygen atoms in total. The van der Waals surface area contributed by atoms with Crippen LogP contribution < -0.4 is 5.32 Å². The quantitative estimate of drug-likeness (QED) is 0.630. The highest BCUT2D eigenvalue weighted by Gasteiger charge is 2.02. The molecule has 21 heavy (non-hydrogen) atoms. The fourth-order valence-corrected chi connectivity index (χ4v) is 1.11. The highest BCUT2D eigenvalue weighted by atomic mass is 16.5. The lowest BCUT2D eigenvalue weighted by atomic mass is 10.2. The molecule has 0 spiro atoms. The van der Waals surface area contributed by atoms with Crippen LogP contribution in [0.4, 0.5) is 0 Å². The molecule has 0 saturated carbocycles. The molecular formula is C15H19NO5. The number of amides is 1. The molecule has 0 aliphatic rings. The number of nitrogens with one attached hydrogen (secondary N) is 1. The molecule has 2 N–H and O–H groups in total. The number of carbonyl (C=O) groups is 3. The van der Waals surface area contributed by atoms with Crippen molar-refractivity contribution in [2.24, 2.45) is 0 Å². The van der Waals surface area contributed by atoms with Crippen LogP contribution in [0.15, 0.2) is 42.5 Å². The standard InChI is InChI=1S/C8H11NO5.C7H8/c1-2-14-8(13)5-9-6(10)3-4-7(11)12;1-7-5-3-2-4-6-7/h3-4H,2,5H2,1H3,(H,9,10)(H,11,12);2-6H,1H3/b4-3-;. The monoisotopic (exact) mass is 293 g/mol. The number of rotatable bonds is 5. The average Bonchev–Trinajstić information content (AvgIpc) is 2.45. The van der Waals surface area contributed by atoms with Crippen molar-refractivity contribution >= 4 is 17.8 Å². The summed E-state index contributed by atoms with van der Waals surface area (Å²) in [7, 11) is 0. The van der Waals surface area contributed by atoms with Crippen molar-refractivity contribution in [3.63, 3.8) is 0 Å². The summed E-state index contributed by atoms with van der Waals surface area (Å²) in [6.07, 6.45) is 1.50. The molecule has 0 bridgehead atoms. The number of aliphatic carboxylic acids is 1. The van der Waals surface area contributed by atoms with E-state index in [-0.39, 0.29) is 13.2 Å². The van der Waals surface area contributed by atoms with Crippen LogP contribution in [-0.2, 0) is 19.1 Å². The summed E-state index contributed by atoms with van der Waals surface area (Å²) in [5, 5.41) is 10.3. The average molecular weight is 293 g/mol. The molecule has 0 fully saturated rings. The predicted octanol–water partition coefficient (Wildman–Crippen LogP) is 1.30. The Kier molecular flexibility index (Phi) is 9.81. The Morgan fingerprint density at radius 2 is 1.81 bits per heavy atom. The summed E-state index contributed by atoms with van der Waals surface area (Å²) < 4.78 is 4.52. The third kappa shape index (κ3) is 12.2. The zero-order valence-corrected chi connectivity index (χ0v) is 12.0. The number of ether oxygens (including phenoxy) is 1. The van der Waals surface area contributed by atoms with Gasteiger partial charge in [-0.25, -0.2) is 4.79 Å². The molecule has 114 valence electrons. The lowest BCUT2D eigenvalue weighted by Crippen LogP contribution is -2.29. The zero-order chi connectivity index (χ0) is 16.1. The van der Waals surface area contributed by atoms with Gasteiger partial charge in [0.25, 0.3) is 0 Å². The van der Waals surface area contributed by atoms with Crippen LogP contribution >= 0.6 is 0 Å². The third-order valence-corrected chi connectivity index (χ3v) is 2.03. The first kappa shape index (κ1) is 18.4. The van der Waals surface area contributed by atoms with Crippen LogP contribution in [0.1, 0.15) is 12.5 Å². The van der Waals surface area contributed by atoms with Crippen molar-refractivity contribution in [1.29, 1.82) is 0 Å². The highest BCUT2D eigenvalue weighted by Crippen LogP contribution is 1.92. The van der Waals surface area contributed by atoms with E-state index in [0.29, 0.717) is 6.08 Å². The number of carboxylic acids is 1. The normalized spacial score (nSPS) is 9.43. The molecule has 0 radical (unpaired) electrons. The second-order valence-electron chi connectivity index (χ2n) is 3.85. The van der Waals surface area contributed by atoms with Gasteiger partial charge in [0.05, 0.1) is 6.61 Å². The van der Waals surface area contributed by atoms with Gasteiger partial charge in [-0.1, -0.05) is 35.9 Å². The minimum atomic E-state index is -1.23. The second kappa shape index (κ2) is 11.2. The number of hydrogen-bond donors (Lipinski definition) is 2. The lowest BCUT2D eigenvalue weighted by Gasteiger charge is -2.01. The van der Waals surface area contributed by atoms with Crippen molar-refractivity contribution < 1.29 is 24.2 Å². The van der Waals surface area contributed by atoms with E-state index < -0.39 is 17.8 Å². The Balaban J connectivity index is 0.000000471. The van der Waals surface area contributed by atoms with Crippen LogP contribution in [0.25, 0.3) is 0 Å². The van der Waals surface area contributed by atoms with Gasteiger partial charge in [0.15, 0.2) is 0 Å². The summed E-state index contributed by atoms with van der Waals surface area (Å²) in [5.74, 6) is -2.44. The van der Waals surface area contributed by atoms with Crippen LogP contribution in [0.5, 0.6) is 0 Å². The van der Waals surface area contributed by atoms with Gasteiger partial charge in [-0.05, 0) is 13.8 Å². The first-order chi connectivity index (χ1) is 9.95. The molecule has 1 aromatic carbocycles. The van der Waals surface area contributed by atoms with Crippen molar-refractivity contribution in [2.45, 2.75) is 13.8 Å². The summed E-state index contributed by atoms with van der Waals surface area (Å²) in [6, 6.07) is 10.3. The van der Waals surface area contributed by atoms with Gasteiger partial charge in [0.1, 0.15) is 6.54 Å². The van der Waals surface area contributed by atoms with E-state index in [2.05, 4.69) is 29.1 Å². The van der Waals surface area contributed by atoms with Crippen LogP contribution in [-0.4, -0.2) is 36.1 Å². The van der Waals surface area contributed by atoms with E-state index in [4.69, 9.17) is 5.11 Å². The first-order valence-corrected chi connectivity index (χ1v) is 6.31. The fraction of sp³-hybridized carbons (Fsp3) is 0.267. The SMILES string of the molecule is CCOC(=O)CNC(=O)/C=C\C(=O)O.Cc1ccccc1. The smallest absolute Gasteiger partial charge is 0.328 e. The number of esters is 1. The van der Waals surface area contributed by atoms with Gasteiger partial charge in [0.2, 0.25) is 5.91 Å². The molecule has 0 aromatic heterocycles. The summed E-state index contributed by atoms with van der Waals surface area (Å²) in [6.45, 7) is 3.69. The number of carboxylic acid groups (broad SMARTS) is 1. The number of aryl methyl sites for hydroxylation is 1. The van der Waals surface area contributed by atoms with Crippen molar-refractivity contribution in [1.82, 2.24) is 5.32 Å². The Bertz CT molecular complexity index is 482. The fourth-order valence-electron chi connectivity index (χ4n) is 1.11. The second-order valence-corrected chi connectivity index (χ2v) is 3.85. The molecule has 1 aromatic rings. The lowest BCUT2D eigenvalue weighted by molar-refractivity contribution is -0.143. The highest BCUT2D eigenvalue weighted by molar-refractivity contribution is 5.95. The molecule has 0 aliphatic heterocycles. The maximum atomic E-state index is 10.8. The molecule has 0 saturated heterocycles. The summed E-state index contributed by atoms with van der Waals surface area (Å²) >= 11 is 0. The van der Waals surface area contributed by atoms with Crippen LogP contribution in [0, 0.1) is 6.92 Å². The predicted molar refractivity (Wildman–Crippen MR) is 77.6 cm³/mol. The van der Waals surface area contributed by atoms with Crippen molar-refractivity contribution in [3.05, 3.63) is 48.0 Å². The molecule has 0 unspecified atom stereocenters. The molecular weight excluding hydrogens is 274 g/mol. The maximum absolute atomic E-state index is 10.8. The number of hydrogen-bond acceptors (Lipinski definition) is 4. The van der Waals surface area contributed by atoms with Gasteiger partial charge in [-0.15, -0.1) is 0 Å².